The van der Waals surface area contributed by atoms with Crippen LogP contribution in [0.4, 0.5) is 16.3 Å². The van der Waals surface area contributed by atoms with Gasteiger partial charge in [-0.2, -0.15) is 4.98 Å². The summed E-state index contributed by atoms with van der Waals surface area (Å²) in [5.74, 6) is 2.65. The maximum Gasteiger partial charge on any atom is 0.322 e. The van der Waals surface area contributed by atoms with E-state index in [1.54, 1.807) is 17.0 Å². The molecule has 0 saturated carbocycles. The Bertz CT molecular complexity index is 1020. The molecule has 1 aliphatic heterocycles. The number of benzene rings is 2. The summed E-state index contributed by atoms with van der Waals surface area (Å²) in [4.78, 5) is 25.4. The van der Waals surface area contributed by atoms with Crippen LogP contribution >= 0.6 is 11.6 Å². The molecule has 1 aliphatic rings. The molecule has 0 spiro atoms. The Morgan fingerprint density at radius 2 is 1.70 bits per heavy atom. The van der Waals surface area contributed by atoms with E-state index in [1.165, 1.54) is 0 Å². The number of urea groups is 1. The van der Waals surface area contributed by atoms with Crippen LogP contribution in [0.15, 0.2) is 60.7 Å². The molecule has 154 valence electrons. The van der Waals surface area contributed by atoms with Crippen molar-refractivity contribution < 1.29 is 9.53 Å². The minimum absolute atomic E-state index is 0.158. The monoisotopic (exact) mass is 423 g/mol. The first-order chi connectivity index (χ1) is 14.6. The number of carbonyl (C=O) groups is 1. The zero-order valence-corrected chi connectivity index (χ0v) is 17.3. The lowest BCUT2D eigenvalue weighted by atomic mass is 10.3. The summed E-state index contributed by atoms with van der Waals surface area (Å²) in [5, 5.41) is 3.39. The summed E-state index contributed by atoms with van der Waals surface area (Å²) in [7, 11) is 0. The highest BCUT2D eigenvalue weighted by atomic mass is 35.5. The molecule has 30 heavy (non-hydrogen) atoms. The van der Waals surface area contributed by atoms with Gasteiger partial charge in [-0.15, -0.1) is 0 Å². The zero-order valence-electron chi connectivity index (χ0n) is 16.6. The molecule has 2 amide bonds. The van der Waals surface area contributed by atoms with Gasteiger partial charge in [-0.1, -0.05) is 41.9 Å². The Hall–Kier alpha value is -3.32. The first-order valence-electron chi connectivity index (χ1n) is 9.72. The molecule has 1 fully saturated rings. The smallest absolute Gasteiger partial charge is 0.322 e. The number of amides is 2. The number of halogens is 1. The fraction of sp³-hybridized carbons (Fsp3) is 0.227. The number of aromatic nitrogens is 2. The number of hydrogen-bond acceptors (Lipinski definition) is 5. The highest BCUT2D eigenvalue weighted by molar-refractivity contribution is 6.33. The molecule has 2 aromatic carbocycles. The minimum atomic E-state index is -0.158. The highest BCUT2D eigenvalue weighted by Crippen LogP contribution is 2.24. The fourth-order valence-corrected chi connectivity index (χ4v) is 3.43. The molecular formula is C22H22ClN5O2. The normalized spacial score (nSPS) is 13.8. The maximum absolute atomic E-state index is 12.6. The van der Waals surface area contributed by atoms with E-state index in [0.717, 1.165) is 11.6 Å². The van der Waals surface area contributed by atoms with Crippen molar-refractivity contribution in [2.45, 2.75) is 6.92 Å². The van der Waals surface area contributed by atoms with Gasteiger partial charge in [0.05, 0.1) is 10.7 Å². The van der Waals surface area contributed by atoms with Gasteiger partial charge in [0, 0.05) is 32.2 Å². The Labute approximate surface area is 180 Å². The van der Waals surface area contributed by atoms with E-state index in [9.17, 15) is 4.79 Å². The first-order valence-corrected chi connectivity index (χ1v) is 10.1. The minimum Gasteiger partial charge on any atom is -0.439 e. The van der Waals surface area contributed by atoms with E-state index in [0.29, 0.717) is 48.6 Å². The molecule has 0 radical (unpaired) electrons. The van der Waals surface area contributed by atoms with Crippen molar-refractivity contribution in [1.82, 2.24) is 14.9 Å². The summed E-state index contributed by atoms with van der Waals surface area (Å²) in [6, 6.07) is 18.4. The summed E-state index contributed by atoms with van der Waals surface area (Å²) < 4.78 is 5.86. The van der Waals surface area contributed by atoms with Gasteiger partial charge in [-0.05, 0) is 31.2 Å². The second-order valence-corrected chi connectivity index (χ2v) is 7.32. The largest absolute Gasteiger partial charge is 0.439 e. The van der Waals surface area contributed by atoms with Crippen LogP contribution in [0, 0.1) is 6.92 Å². The lowest BCUT2D eigenvalue weighted by molar-refractivity contribution is 0.208. The predicted molar refractivity (Wildman–Crippen MR) is 118 cm³/mol. The van der Waals surface area contributed by atoms with Crippen molar-refractivity contribution in [3.05, 3.63) is 71.5 Å². The van der Waals surface area contributed by atoms with E-state index in [-0.39, 0.29) is 6.03 Å². The average molecular weight is 424 g/mol. The van der Waals surface area contributed by atoms with Crippen molar-refractivity contribution in [2.75, 3.05) is 36.4 Å². The molecular weight excluding hydrogens is 402 g/mol. The maximum atomic E-state index is 12.6. The van der Waals surface area contributed by atoms with Crippen LogP contribution in [0.25, 0.3) is 0 Å². The lowest BCUT2D eigenvalue weighted by Gasteiger charge is -2.35. The number of aryl methyl sites for hydroxylation is 1. The number of carbonyl (C=O) groups excluding carboxylic acids is 1. The topological polar surface area (TPSA) is 70.6 Å². The van der Waals surface area contributed by atoms with Crippen molar-refractivity contribution in [3.63, 3.8) is 0 Å². The molecule has 0 aliphatic carbocycles. The predicted octanol–water partition coefficient (Wildman–Crippen LogP) is 4.58. The van der Waals surface area contributed by atoms with Gasteiger partial charge in [-0.25, -0.2) is 9.78 Å². The lowest BCUT2D eigenvalue weighted by Crippen LogP contribution is -2.50. The first kappa shape index (κ1) is 20.0. The van der Waals surface area contributed by atoms with Gasteiger partial charge in [0.1, 0.15) is 17.4 Å². The van der Waals surface area contributed by atoms with Gasteiger partial charge in [-0.3, -0.25) is 0 Å². The van der Waals surface area contributed by atoms with Crippen molar-refractivity contribution in [1.29, 1.82) is 0 Å². The van der Waals surface area contributed by atoms with Crippen molar-refractivity contribution >= 4 is 29.1 Å². The highest BCUT2D eigenvalue weighted by Gasteiger charge is 2.23. The molecule has 8 heteroatoms. The fourth-order valence-electron chi connectivity index (χ4n) is 3.24. The Morgan fingerprint density at radius 1 is 1.00 bits per heavy atom. The number of nitrogens with one attached hydrogen (secondary N) is 1. The van der Waals surface area contributed by atoms with Gasteiger partial charge in [0.2, 0.25) is 5.88 Å². The number of rotatable bonds is 4. The van der Waals surface area contributed by atoms with Gasteiger partial charge in [0.15, 0.2) is 0 Å². The van der Waals surface area contributed by atoms with Crippen LogP contribution in [-0.2, 0) is 0 Å². The molecule has 0 atom stereocenters. The summed E-state index contributed by atoms with van der Waals surface area (Å²) >= 11 is 6.13. The van der Waals surface area contributed by atoms with Gasteiger partial charge < -0.3 is 19.9 Å². The van der Waals surface area contributed by atoms with Crippen LogP contribution in [-0.4, -0.2) is 47.1 Å². The van der Waals surface area contributed by atoms with Crippen molar-refractivity contribution in [2.24, 2.45) is 0 Å². The molecule has 1 N–H and O–H groups in total. The quantitative estimate of drug-likeness (QED) is 0.664. The molecule has 2 heterocycles. The van der Waals surface area contributed by atoms with Crippen LogP contribution in [0.3, 0.4) is 0 Å². The average Bonchev–Trinajstić information content (AvgIpc) is 2.76. The van der Waals surface area contributed by atoms with Crippen LogP contribution < -0.4 is 15.0 Å². The third-order valence-corrected chi connectivity index (χ3v) is 5.10. The Balaban J connectivity index is 1.39. The second-order valence-electron chi connectivity index (χ2n) is 6.91. The molecule has 1 aromatic heterocycles. The van der Waals surface area contributed by atoms with E-state index in [1.807, 2.05) is 55.5 Å². The van der Waals surface area contributed by atoms with Crippen LogP contribution in [0.5, 0.6) is 11.6 Å². The van der Waals surface area contributed by atoms with E-state index < -0.39 is 0 Å². The van der Waals surface area contributed by atoms with Crippen molar-refractivity contribution in [3.8, 4) is 11.6 Å². The summed E-state index contributed by atoms with van der Waals surface area (Å²) in [6.07, 6.45) is 0. The molecule has 0 bridgehead atoms. The SMILES string of the molecule is Cc1nc(Oc2ccccc2)cc(N2CCN(C(=O)Nc3ccccc3Cl)CC2)n1. The second kappa shape index (κ2) is 9.00. The third-order valence-electron chi connectivity index (χ3n) is 4.77. The molecule has 1 saturated heterocycles. The standard InChI is InChI=1S/C22H22ClN5O2/c1-16-24-20(15-21(25-16)30-17-7-3-2-4-8-17)27-11-13-28(14-12-27)22(29)26-19-10-6-5-9-18(19)23/h2-10,15H,11-14H2,1H3,(H,26,29). The zero-order chi connectivity index (χ0) is 20.9. The number of ether oxygens (including phenoxy) is 1. The number of piperazine rings is 1. The number of para-hydroxylation sites is 2. The van der Waals surface area contributed by atoms with Gasteiger partial charge >= 0.3 is 6.03 Å². The van der Waals surface area contributed by atoms with E-state index in [4.69, 9.17) is 16.3 Å². The Morgan fingerprint density at radius 3 is 2.43 bits per heavy atom. The third kappa shape index (κ3) is 4.80. The van der Waals surface area contributed by atoms with E-state index >= 15 is 0 Å². The number of anilines is 2. The summed E-state index contributed by atoms with van der Waals surface area (Å²) in [5.41, 5.74) is 0.612. The molecule has 3 aromatic rings. The van der Waals surface area contributed by atoms with Crippen LogP contribution in [0.1, 0.15) is 5.82 Å². The van der Waals surface area contributed by atoms with E-state index in [2.05, 4.69) is 20.2 Å². The molecule has 7 nitrogen and oxygen atoms in total. The number of hydrogen-bond donors (Lipinski definition) is 1. The van der Waals surface area contributed by atoms with Gasteiger partial charge in [0.25, 0.3) is 0 Å². The molecule has 0 unspecified atom stereocenters. The number of nitrogens with zero attached hydrogens (tertiary/aromatic N) is 4. The summed E-state index contributed by atoms with van der Waals surface area (Å²) in [6.45, 7) is 4.32. The molecule has 4 rings (SSSR count). The van der Waals surface area contributed by atoms with Crippen LogP contribution in [0.2, 0.25) is 5.02 Å². The Kier molecular flexibility index (Phi) is 5.99.